The molecule has 0 amide bonds. The van der Waals surface area contributed by atoms with Crippen LogP contribution in [0, 0.1) is 0 Å². The van der Waals surface area contributed by atoms with E-state index in [1.165, 1.54) is 39.3 Å². The maximum atomic E-state index is 9.00. The monoisotopic (exact) mass is 421 g/mol. The molecule has 2 bridgehead atoms. The summed E-state index contributed by atoms with van der Waals surface area (Å²) in [7, 11) is 0. The summed E-state index contributed by atoms with van der Waals surface area (Å²) in [6.07, 6.45) is 0. The Bertz CT molecular complexity index is 347. The van der Waals surface area contributed by atoms with Crippen LogP contribution in [0.15, 0.2) is 0 Å². The second-order valence-electron chi connectivity index (χ2n) is 6.49. The zero-order valence-corrected chi connectivity index (χ0v) is 17.9. The van der Waals surface area contributed by atoms with Crippen molar-refractivity contribution in [1.82, 2.24) is 25.8 Å². The van der Waals surface area contributed by atoms with Crippen LogP contribution in [0.3, 0.4) is 0 Å². The van der Waals surface area contributed by atoms with Crippen LogP contribution in [-0.2, 0) is 14.4 Å². The van der Waals surface area contributed by atoms with Gasteiger partial charge in [0.2, 0.25) is 0 Å². The molecule has 0 aliphatic carbocycles. The van der Waals surface area contributed by atoms with Crippen LogP contribution in [0.25, 0.3) is 0 Å². The van der Waals surface area contributed by atoms with Crippen molar-refractivity contribution in [1.29, 1.82) is 0 Å². The van der Waals surface area contributed by atoms with Crippen LogP contribution in [0.1, 0.15) is 20.8 Å². The van der Waals surface area contributed by atoms with Crippen molar-refractivity contribution in [2.45, 2.75) is 20.8 Å². The number of nitrogens with zero attached hydrogens (tertiary/aromatic N) is 2. The van der Waals surface area contributed by atoms with Crippen LogP contribution in [0.5, 0.6) is 0 Å². The van der Waals surface area contributed by atoms with Crippen LogP contribution in [0.2, 0.25) is 0 Å². The molecule has 0 aromatic heterocycles. The summed E-state index contributed by atoms with van der Waals surface area (Å²) in [5, 5.41) is 32.9. The molecule has 3 heterocycles. The van der Waals surface area contributed by atoms with Crippen molar-refractivity contribution in [3.8, 4) is 0 Å². The number of hydrogen-bond donors (Lipinski definition) is 6. The molecule has 29 heavy (non-hydrogen) atoms. The molecule has 11 heteroatoms. The summed E-state index contributed by atoms with van der Waals surface area (Å²) >= 11 is 0. The average Bonchev–Trinajstić information content (AvgIpc) is 2.53. The molecular formula is C18H39N5O6. The number of fused-ring (bicyclic) bond motifs is 12. The van der Waals surface area contributed by atoms with Crippen molar-refractivity contribution < 1.29 is 29.7 Å². The highest BCUT2D eigenvalue weighted by atomic mass is 16.4. The van der Waals surface area contributed by atoms with Crippen LogP contribution in [0.4, 0.5) is 0 Å². The molecule has 0 aromatic carbocycles. The Hall–Kier alpha value is -1.79. The molecule has 0 saturated carbocycles. The lowest BCUT2D eigenvalue weighted by Gasteiger charge is -2.28. The molecule has 3 aliphatic heterocycles. The van der Waals surface area contributed by atoms with Gasteiger partial charge in [-0.05, 0) is 0 Å². The first-order valence-electron chi connectivity index (χ1n) is 9.80. The van der Waals surface area contributed by atoms with E-state index in [1.54, 1.807) is 0 Å². The minimum atomic E-state index is -0.833. The fourth-order valence-corrected chi connectivity index (χ4v) is 2.47. The summed E-state index contributed by atoms with van der Waals surface area (Å²) in [6.45, 7) is 17.0. The maximum Gasteiger partial charge on any atom is 0.300 e. The number of hydrogen-bond acceptors (Lipinski definition) is 8. The summed E-state index contributed by atoms with van der Waals surface area (Å²) in [6, 6.07) is 0. The molecule has 0 radical (unpaired) electrons. The lowest BCUT2D eigenvalue weighted by molar-refractivity contribution is -0.135. The first-order chi connectivity index (χ1) is 13.6. The lowest BCUT2D eigenvalue weighted by Crippen LogP contribution is -2.47. The van der Waals surface area contributed by atoms with Gasteiger partial charge < -0.3 is 31.3 Å². The van der Waals surface area contributed by atoms with E-state index in [1.807, 2.05) is 0 Å². The van der Waals surface area contributed by atoms with E-state index in [0.29, 0.717) is 0 Å². The Balaban J connectivity index is 0. The fourth-order valence-electron chi connectivity index (χ4n) is 2.47. The molecule has 3 saturated heterocycles. The smallest absolute Gasteiger partial charge is 0.300 e. The van der Waals surface area contributed by atoms with Gasteiger partial charge in [-0.1, -0.05) is 0 Å². The van der Waals surface area contributed by atoms with Gasteiger partial charge in [0.15, 0.2) is 0 Å². The van der Waals surface area contributed by atoms with E-state index in [-0.39, 0.29) is 0 Å². The summed E-state index contributed by atoms with van der Waals surface area (Å²) in [5.74, 6) is -2.50. The third-order valence-corrected chi connectivity index (χ3v) is 3.63. The average molecular weight is 422 g/mol. The highest BCUT2D eigenvalue weighted by Gasteiger charge is 2.09. The number of carboxylic acid groups (broad SMARTS) is 3. The van der Waals surface area contributed by atoms with Crippen LogP contribution >= 0.6 is 0 Å². The predicted octanol–water partition coefficient (Wildman–Crippen LogP) is -1.34. The molecule has 11 nitrogen and oxygen atoms in total. The first-order valence-corrected chi connectivity index (χ1v) is 9.80. The fraction of sp³-hybridized carbons (Fsp3) is 0.833. The minimum Gasteiger partial charge on any atom is -0.481 e. The van der Waals surface area contributed by atoms with E-state index >= 15 is 0 Å². The third-order valence-electron chi connectivity index (χ3n) is 3.63. The minimum absolute atomic E-state index is 0.833. The largest absolute Gasteiger partial charge is 0.481 e. The molecule has 3 rings (SSSR count). The molecule has 3 fully saturated rings. The molecule has 6 N–H and O–H groups in total. The van der Waals surface area contributed by atoms with Gasteiger partial charge in [-0.2, -0.15) is 0 Å². The van der Waals surface area contributed by atoms with Crippen molar-refractivity contribution in [3.63, 3.8) is 0 Å². The van der Waals surface area contributed by atoms with Crippen molar-refractivity contribution >= 4 is 17.9 Å². The standard InChI is InChI=1S/C12H27N5.3C2H4O2/c1-7-16-9-3-14-5-11-17(8-2-13-1)12-6-15-4-10-16;3*1-2(3)4/h13-15H,1-12H2;3*1H3,(H,3,4). The zero-order valence-electron chi connectivity index (χ0n) is 17.9. The van der Waals surface area contributed by atoms with Crippen molar-refractivity contribution in [2.24, 2.45) is 0 Å². The molecule has 172 valence electrons. The van der Waals surface area contributed by atoms with Gasteiger partial charge in [-0.25, -0.2) is 0 Å². The van der Waals surface area contributed by atoms with Gasteiger partial charge in [0.25, 0.3) is 17.9 Å². The topological polar surface area (TPSA) is 154 Å². The van der Waals surface area contributed by atoms with Gasteiger partial charge in [-0.15, -0.1) is 0 Å². The van der Waals surface area contributed by atoms with Crippen molar-refractivity contribution in [3.05, 3.63) is 0 Å². The number of carbonyl (C=O) groups is 3. The van der Waals surface area contributed by atoms with E-state index in [4.69, 9.17) is 29.7 Å². The van der Waals surface area contributed by atoms with Gasteiger partial charge in [0, 0.05) is 99.3 Å². The normalized spacial score (nSPS) is 22.4. The van der Waals surface area contributed by atoms with Gasteiger partial charge in [0.05, 0.1) is 0 Å². The molecule has 0 spiro atoms. The van der Waals surface area contributed by atoms with Crippen molar-refractivity contribution in [2.75, 3.05) is 78.5 Å². The molecule has 0 atom stereocenters. The quantitative estimate of drug-likeness (QED) is 0.275. The highest BCUT2D eigenvalue weighted by molar-refractivity contribution is 5.63. The van der Waals surface area contributed by atoms with Gasteiger partial charge in [-0.3, -0.25) is 24.2 Å². The maximum absolute atomic E-state index is 9.00. The van der Waals surface area contributed by atoms with E-state index in [9.17, 15) is 0 Å². The second kappa shape index (κ2) is 20.9. The zero-order chi connectivity index (χ0) is 22.5. The third kappa shape index (κ3) is 31.1. The number of carboxylic acids is 3. The Labute approximate surface area is 173 Å². The SMILES string of the molecule is C1CN2CCNCCN(CCN1)CCNCC2.CC(=O)O.CC(=O)O.CC(=O)O. The van der Waals surface area contributed by atoms with Gasteiger partial charge in [0.1, 0.15) is 0 Å². The number of aliphatic carboxylic acids is 3. The molecule has 3 aliphatic rings. The Kier molecular flexibility index (Phi) is 21.2. The van der Waals surface area contributed by atoms with Crippen LogP contribution < -0.4 is 16.0 Å². The Morgan fingerprint density at radius 1 is 0.517 bits per heavy atom. The predicted molar refractivity (Wildman–Crippen MR) is 111 cm³/mol. The lowest BCUT2D eigenvalue weighted by atomic mass is 10.3. The summed E-state index contributed by atoms with van der Waals surface area (Å²) < 4.78 is 0. The molecule has 0 aromatic rings. The molecule has 0 unspecified atom stereocenters. The Morgan fingerprint density at radius 2 is 0.655 bits per heavy atom. The van der Waals surface area contributed by atoms with Crippen LogP contribution in [-0.4, -0.2) is 122 Å². The number of nitrogens with one attached hydrogen (secondary N) is 3. The Morgan fingerprint density at radius 3 is 0.793 bits per heavy atom. The van der Waals surface area contributed by atoms with E-state index in [2.05, 4.69) is 25.8 Å². The van der Waals surface area contributed by atoms with E-state index < -0.39 is 17.9 Å². The number of rotatable bonds is 0. The molecular weight excluding hydrogens is 382 g/mol. The van der Waals surface area contributed by atoms with E-state index in [0.717, 1.165) is 60.0 Å². The van der Waals surface area contributed by atoms with Gasteiger partial charge >= 0.3 is 0 Å². The first kappa shape index (κ1) is 29.4. The summed E-state index contributed by atoms with van der Waals surface area (Å²) in [4.78, 5) is 32.1. The summed E-state index contributed by atoms with van der Waals surface area (Å²) in [5.41, 5.74) is 0. The second-order valence-corrected chi connectivity index (χ2v) is 6.49. The highest BCUT2D eigenvalue weighted by Crippen LogP contribution is 1.91.